The van der Waals surface area contributed by atoms with E-state index in [4.69, 9.17) is 28.9 Å². The number of nitrogens with two attached hydrogens (primary N) is 1. The van der Waals surface area contributed by atoms with Crippen LogP contribution in [0.1, 0.15) is 11.6 Å². The molecule has 0 aliphatic carbocycles. The van der Waals surface area contributed by atoms with Crippen molar-refractivity contribution in [1.29, 1.82) is 0 Å². The van der Waals surface area contributed by atoms with E-state index in [2.05, 4.69) is 10.1 Å². The summed E-state index contributed by atoms with van der Waals surface area (Å²) in [6, 6.07) is 5.27. The lowest BCUT2D eigenvalue weighted by molar-refractivity contribution is 0.786. The van der Waals surface area contributed by atoms with Crippen LogP contribution in [0.15, 0.2) is 18.2 Å². The first-order valence-electron chi connectivity index (χ1n) is 4.70. The second-order valence-electron chi connectivity index (χ2n) is 3.29. The number of aryl methyl sites for hydroxylation is 1. The summed E-state index contributed by atoms with van der Waals surface area (Å²) in [6.45, 7) is 2.13. The van der Waals surface area contributed by atoms with Crippen molar-refractivity contribution in [2.75, 3.05) is 0 Å². The van der Waals surface area contributed by atoms with Gasteiger partial charge in [-0.1, -0.05) is 23.2 Å². The Labute approximate surface area is 103 Å². The molecule has 0 saturated carbocycles. The average Bonchev–Trinajstić information content (AvgIpc) is 2.63. The van der Waals surface area contributed by atoms with E-state index in [9.17, 15) is 0 Å². The van der Waals surface area contributed by atoms with Gasteiger partial charge in [0.25, 0.3) is 0 Å². The molecule has 2 aromatic rings. The zero-order valence-electron chi connectivity index (χ0n) is 8.61. The van der Waals surface area contributed by atoms with Crippen LogP contribution in [0, 0.1) is 6.92 Å². The fourth-order valence-electron chi connectivity index (χ4n) is 1.41. The molecule has 2 N–H and O–H groups in total. The lowest BCUT2D eigenvalue weighted by Crippen LogP contribution is -2.07. The van der Waals surface area contributed by atoms with E-state index >= 15 is 0 Å². The van der Waals surface area contributed by atoms with Gasteiger partial charge in [-0.3, -0.25) is 0 Å². The van der Waals surface area contributed by atoms with Crippen LogP contribution >= 0.6 is 23.2 Å². The van der Waals surface area contributed by atoms with Gasteiger partial charge in [0.2, 0.25) is 0 Å². The molecule has 0 unspecified atom stereocenters. The van der Waals surface area contributed by atoms with Crippen molar-refractivity contribution in [3.8, 4) is 5.69 Å². The van der Waals surface area contributed by atoms with Crippen molar-refractivity contribution in [2.24, 2.45) is 5.73 Å². The molecule has 6 heteroatoms. The summed E-state index contributed by atoms with van der Waals surface area (Å²) in [4.78, 5) is 4.21. The molecular weight excluding hydrogens is 247 g/mol. The zero-order valence-corrected chi connectivity index (χ0v) is 10.1. The quantitative estimate of drug-likeness (QED) is 0.898. The Balaban J connectivity index is 2.53. The number of nitrogens with zero attached hydrogens (tertiary/aromatic N) is 3. The summed E-state index contributed by atoms with van der Waals surface area (Å²) in [7, 11) is 0. The normalized spacial score (nSPS) is 10.8. The highest BCUT2D eigenvalue weighted by Gasteiger charge is 2.09. The lowest BCUT2D eigenvalue weighted by Gasteiger charge is -2.05. The van der Waals surface area contributed by atoms with Crippen molar-refractivity contribution in [2.45, 2.75) is 13.5 Å². The van der Waals surface area contributed by atoms with E-state index in [1.807, 2.05) is 13.0 Å². The highest BCUT2D eigenvalue weighted by atomic mass is 35.5. The Kier molecular flexibility index (Phi) is 3.14. The van der Waals surface area contributed by atoms with Crippen molar-refractivity contribution in [3.63, 3.8) is 0 Å². The maximum Gasteiger partial charge on any atom is 0.148 e. The van der Waals surface area contributed by atoms with Crippen LogP contribution < -0.4 is 5.73 Å². The SMILES string of the molecule is Cc1nc(CN)n(-c2ccc(Cl)c(Cl)c2)n1. The molecule has 0 aliphatic rings. The van der Waals surface area contributed by atoms with Gasteiger partial charge in [0.15, 0.2) is 0 Å². The fraction of sp³-hybridized carbons (Fsp3) is 0.200. The molecule has 0 radical (unpaired) electrons. The first kappa shape index (κ1) is 11.4. The summed E-state index contributed by atoms with van der Waals surface area (Å²) < 4.78 is 1.66. The Bertz CT molecular complexity index is 522. The van der Waals surface area contributed by atoms with E-state index in [1.54, 1.807) is 16.8 Å². The Morgan fingerprint density at radius 3 is 2.69 bits per heavy atom. The van der Waals surface area contributed by atoms with Crippen LogP contribution in [0.4, 0.5) is 0 Å². The molecule has 1 aromatic heterocycles. The van der Waals surface area contributed by atoms with Crippen LogP contribution in [0.25, 0.3) is 5.69 Å². The van der Waals surface area contributed by atoms with Crippen LogP contribution in [0.3, 0.4) is 0 Å². The van der Waals surface area contributed by atoms with E-state index in [-0.39, 0.29) is 0 Å². The van der Waals surface area contributed by atoms with Crippen LogP contribution in [0.2, 0.25) is 10.0 Å². The third-order valence-corrected chi connectivity index (χ3v) is 2.85. The summed E-state index contributed by atoms with van der Waals surface area (Å²) in [6.07, 6.45) is 0. The van der Waals surface area contributed by atoms with Gasteiger partial charge in [-0.2, -0.15) is 5.10 Å². The van der Waals surface area contributed by atoms with Crippen molar-refractivity contribution in [1.82, 2.24) is 14.8 Å². The first-order valence-corrected chi connectivity index (χ1v) is 5.45. The summed E-state index contributed by atoms with van der Waals surface area (Å²) >= 11 is 11.8. The number of rotatable bonds is 2. The summed E-state index contributed by atoms with van der Waals surface area (Å²) in [5.74, 6) is 1.36. The van der Waals surface area contributed by atoms with E-state index in [1.165, 1.54) is 0 Å². The van der Waals surface area contributed by atoms with Crippen LogP contribution in [-0.4, -0.2) is 14.8 Å². The molecule has 1 aromatic carbocycles. The second kappa shape index (κ2) is 4.41. The number of halogens is 2. The van der Waals surface area contributed by atoms with Gasteiger partial charge >= 0.3 is 0 Å². The van der Waals surface area contributed by atoms with Crippen LogP contribution in [0.5, 0.6) is 0 Å². The van der Waals surface area contributed by atoms with Gasteiger partial charge in [0.05, 0.1) is 22.3 Å². The molecule has 0 saturated heterocycles. The van der Waals surface area contributed by atoms with E-state index < -0.39 is 0 Å². The molecular formula is C10H10Cl2N4. The molecule has 4 nitrogen and oxygen atoms in total. The third kappa shape index (κ3) is 2.04. The summed E-state index contributed by atoms with van der Waals surface area (Å²) in [5, 5.41) is 5.24. The largest absolute Gasteiger partial charge is 0.324 e. The topological polar surface area (TPSA) is 56.7 Å². The third-order valence-electron chi connectivity index (χ3n) is 2.11. The Hall–Kier alpha value is -1.10. The predicted octanol–water partition coefficient (Wildman–Crippen LogP) is 2.34. The highest BCUT2D eigenvalue weighted by molar-refractivity contribution is 6.42. The molecule has 0 spiro atoms. The predicted molar refractivity (Wildman–Crippen MR) is 64.0 cm³/mol. The Morgan fingerprint density at radius 2 is 2.06 bits per heavy atom. The number of hydrogen-bond acceptors (Lipinski definition) is 3. The van der Waals surface area contributed by atoms with E-state index in [0.717, 1.165) is 5.69 Å². The average molecular weight is 257 g/mol. The summed E-state index contributed by atoms with van der Waals surface area (Å²) in [5.41, 5.74) is 6.39. The number of benzene rings is 1. The molecule has 84 valence electrons. The van der Waals surface area contributed by atoms with Crippen molar-refractivity contribution >= 4 is 23.2 Å². The second-order valence-corrected chi connectivity index (χ2v) is 4.10. The molecule has 0 bridgehead atoms. The molecule has 2 rings (SSSR count). The van der Waals surface area contributed by atoms with Crippen molar-refractivity contribution in [3.05, 3.63) is 39.9 Å². The van der Waals surface area contributed by atoms with Gasteiger partial charge < -0.3 is 5.73 Å². The van der Waals surface area contributed by atoms with Crippen LogP contribution in [-0.2, 0) is 6.54 Å². The molecule has 0 fully saturated rings. The highest BCUT2D eigenvalue weighted by Crippen LogP contribution is 2.24. The smallest absolute Gasteiger partial charge is 0.148 e. The van der Waals surface area contributed by atoms with Gasteiger partial charge in [-0.05, 0) is 25.1 Å². The minimum atomic E-state index is 0.321. The minimum Gasteiger partial charge on any atom is -0.324 e. The molecule has 1 heterocycles. The first-order chi connectivity index (χ1) is 7.61. The zero-order chi connectivity index (χ0) is 11.7. The van der Waals surface area contributed by atoms with Gasteiger partial charge in [0, 0.05) is 0 Å². The van der Waals surface area contributed by atoms with E-state index in [0.29, 0.717) is 28.2 Å². The maximum absolute atomic E-state index is 5.94. The van der Waals surface area contributed by atoms with Gasteiger partial charge in [-0.25, -0.2) is 9.67 Å². The molecule has 0 aliphatic heterocycles. The molecule has 0 amide bonds. The van der Waals surface area contributed by atoms with Crippen molar-refractivity contribution < 1.29 is 0 Å². The molecule has 16 heavy (non-hydrogen) atoms. The fourth-order valence-corrected chi connectivity index (χ4v) is 1.71. The number of hydrogen-bond donors (Lipinski definition) is 1. The lowest BCUT2D eigenvalue weighted by atomic mass is 10.3. The monoisotopic (exact) mass is 256 g/mol. The standard InChI is InChI=1S/C10H10Cl2N4/c1-6-14-10(5-13)16(15-6)7-2-3-8(11)9(12)4-7/h2-4H,5,13H2,1H3. The molecule has 0 atom stereocenters. The maximum atomic E-state index is 5.94. The number of aromatic nitrogens is 3. The van der Waals surface area contributed by atoms with Gasteiger partial charge in [0.1, 0.15) is 11.6 Å². The van der Waals surface area contributed by atoms with Gasteiger partial charge in [-0.15, -0.1) is 0 Å². The Morgan fingerprint density at radius 1 is 1.31 bits per heavy atom. The minimum absolute atomic E-state index is 0.321.